The molecule has 0 aromatic heterocycles. The number of rotatable bonds is 6. The largest absolute Gasteiger partial charge is 0.507 e. The molecule has 1 rings (SSSR count). The number of nitrogens with zero attached hydrogens (tertiary/aromatic N) is 1. The monoisotopic (exact) mass is 267 g/mol. The van der Waals surface area contributed by atoms with Crippen molar-refractivity contribution < 1.29 is 14.6 Å². The molecule has 0 unspecified atom stereocenters. The lowest BCUT2D eigenvalue weighted by Crippen LogP contribution is -2.44. The molecule has 0 bridgehead atoms. The zero-order chi connectivity index (χ0) is 14.5. The average Bonchev–Trinajstić information content (AvgIpc) is 2.43. The number of esters is 1. The van der Waals surface area contributed by atoms with Crippen LogP contribution in [0.4, 0.5) is 5.69 Å². The Kier molecular flexibility index (Phi) is 5.32. The molecule has 19 heavy (non-hydrogen) atoms. The summed E-state index contributed by atoms with van der Waals surface area (Å²) in [6.45, 7) is 6.41. The summed E-state index contributed by atoms with van der Waals surface area (Å²) >= 11 is 0. The Morgan fingerprint density at radius 1 is 1.37 bits per heavy atom. The molecule has 0 aliphatic heterocycles. The van der Waals surface area contributed by atoms with Crippen molar-refractivity contribution in [1.82, 2.24) is 4.48 Å². The fourth-order valence-electron chi connectivity index (χ4n) is 1.85. The summed E-state index contributed by atoms with van der Waals surface area (Å²) in [5.74, 6) is -0.595. The van der Waals surface area contributed by atoms with Crippen LogP contribution in [0.15, 0.2) is 18.2 Å². The van der Waals surface area contributed by atoms with E-state index in [-0.39, 0.29) is 24.5 Å². The maximum absolute atomic E-state index is 11.7. The van der Waals surface area contributed by atoms with Crippen molar-refractivity contribution >= 4 is 11.7 Å². The van der Waals surface area contributed by atoms with Crippen LogP contribution in [0.2, 0.25) is 0 Å². The van der Waals surface area contributed by atoms with E-state index in [1.165, 1.54) is 0 Å². The van der Waals surface area contributed by atoms with Crippen LogP contribution in [0.1, 0.15) is 24.2 Å². The third-order valence-corrected chi connectivity index (χ3v) is 3.57. The third-order valence-electron chi connectivity index (χ3n) is 3.57. The van der Waals surface area contributed by atoms with E-state index in [0.29, 0.717) is 4.48 Å². The Labute approximate surface area is 114 Å². The minimum atomic E-state index is -0.545. The number of carbonyl (C=O) groups excluding carboxylic acids is 1. The van der Waals surface area contributed by atoms with E-state index in [9.17, 15) is 9.90 Å². The highest BCUT2D eigenvalue weighted by atomic mass is 16.5. The molecule has 5 nitrogen and oxygen atoms in total. The van der Waals surface area contributed by atoms with E-state index in [4.69, 9.17) is 10.5 Å². The Balaban J connectivity index is 3.00. The quantitative estimate of drug-likeness (QED) is 0.605. The molecule has 0 saturated heterocycles. The maximum Gasteiger partial charge on any atom is 0.341 e. The van der Waals surface area contributed by atoms with Crippen molar-refractivity contribution in [1.29, 1.82) is 0 Å². The third kappa shape index (κ3) is 3.45. The summed E-state index contributed by atoms with van der Waals surface area (Å²) in [5, 5.41) is 9.97. The van der Waals surface area contributed by atoms with Gasteiger partial charge in [0.25, 0.3) is 0 Å². The Bertz CT molecular complexity index is 442. The second-order valence-corrected chi connectivity index (χ2v) is 4.65. The highest BCUT2D eigenvalue weighted by Gasteiger charge is 2.23. The number of aromatic hydroxyl groups is 1. The van der Waals surface area contributed by atoms with Crippen LogP contribution in [-0.2, 0) is 4.74 Å². The lowest BCUT2D eigenvalue weighted by Gasteiger charge is -2.31. The van der Waals surface area contributed by atoms with Crippen molar-refractivity contribution in [3.8, 4) is 5.75 Å². The topological polar surface area (TPSA) is 72.5 Å². The molecular weight excluding hydrogens is 244 g/mol. The van der Waals surface area contributed by atoms with Crippen LogP contribution in [0.5, 0.6) is 5.75 Å². The zero-order valence-electron chi connectivity index (χ0n) is 11.8. The van der Waals surface area contributed by atoms with Crippen molar-refractivity contribution in [2.75, 3.05) is 33.3 Å². The van der Waals surface area contributed by atoms with Gasteiger partial charge in [-0.3, -0.25) is 4.48 Å². The van der Waals surface area contributed by atoms with Gasteiger partial charge in [-0.25, -0.2) is 4.79 Å². The molecule has 1 aromatic carbocycles. The zero-order valence-corrected chi connectivity index (χ0v) is 11.8. The predicted molar refractivity (Wildman–Crippen MR) is 76.2 cm³/mol. The van der Waals surface area contributed by atoms with Crippen LogP contribution in [-0.4, -0.2) is 44.4 Å². The van der Waals surface area contributed by atoms with Crippen molar-refractivity contribution in [2.24, 2.45) is 5.73 Å². The minimum absolute atomic E-state index is 0.0502. The molecule has 0 saturated carbocycles. The first-order valence-corrected chi connectivity index (χ1v) is 6.53. The molecule has 0 heterocycles. The van der Waals surface area contributed by atoms with E-state index in [0.717, 1.165) is 18.8 Å². The lowest BCUT2D eigenvalue weighted by atomic mass is 10.1. The first-order valence-electron chi connectivity index (χ1n) is 6.53. The smallest absolute Gasteiger partial charge is 0.341 e. The van der Waals surface area contributed by atoms with Crippen molar-refractivity contribution in [3.05, 3.63) is 23.8 Å². The first kappa shape index (κ1) is 15.5. The van der Waals surface area contributed by atoms with Gasteiger partial charge in [-0.2, -0.15) is 0 Å². The average molecular weight is 267 g/mol. The Morgan fingerprint density at radius 3 is 2.47 bits per heavy atom. The number of hydrogen-bond donors (Lipinski definition) is 2. The first-order chi connectivity index (χ1) is 8.98. The van der Waals surface area contributed by atoms with Crippen LogP contribution in [0.25, 0.3) is 0 Å². The standard InChI is InChI=1S/C14H22N2O3/c1-4-16(3,5-2)11-6-7-12(13(17)10-11)14(18)19-9-8-15/h6-7,10H,4-5,8-9,15H2,1-3H3/p+1. The lowest BCUT2D eigenvalue weighted by molar-refractivity contribution is 0.0513. The molecule has 0 aliphatic carbocycles. The summed E-state index contributed by atoms with van der Waals surface area (Å²) < 4.78 is 5.61. The molecular formula is C14H23N2O3+. The van der Waals surface area contributed by atoms with Crippen molar-refractivity contribution in [3.63, 3.8) is 0 Å². The number of carbonyl (C=O) groups is 1. The SMILES string of the molecule is CC[N+](C)(CC)c1ccc(C(=O)OCCN)c(O)c1. The van der Waals surface area contributed by atoms with Gasteiger partial charge < -0.3 is 15.6 Å². The van der Waals surface area contributed by atoms with E-state index in [2.05, 4.69) is 20.9 Å². The number of ether oxygens (including phenoxy) is 1. The van der Waals surface area contributed by atoms with E-state index < -0.39 is 5.97 Å². The van der Waals surface area contributed by atoms with Gasteiger partial charge in [-0.1, -0.05) is 0 Å². The van der Waals surface area contributed by atoms with Crippen LogP contribution >= 0.6 is 0 Å². The number of phenolic OH excluding ortho intramolecular Hbond substituents is 1. The number of benzene rings is 1. The van der Waals surface area contributed by atoms with Gasteiger partial charge in [-0.05, 0) is 19.9 Å². The number of hydrogen-bond acceptors (Lipinski definition) is 4. The Hall–Kier alpha value is -1.59. The van der Waals surface area contributed by atoms with Gasteiger partial charge in [0.2, 0.25) is 0 Å². The van der Waals surface area contributed by atoms with Gasteiger partial charge in [0.05, 0.1) is 20.1 Å². The molecule has 0 atom stereocenters. The summed E-state index contributed by atoms with van der Waals surface area (Å²) in [6.07, 6.45) is 0. The molecule has 3 N–H and O–H groups in total. The van der Waals surface area contributed by atoms with E-state index in [1.54, 1.807) is 12.1 Å². The minimum Gasteiger partial charge on any atom is -0.507 e. The van der Waals surface area contributed by atoms with Crippen LogP contribution in [0.3, 0.4) is 0 Å². The molecule has 0 amide bonds. The second-order valence-electron chi connectivity index (χ2n) is 4.65. The second kappa shape index (κ2) is 6.54. The predicted octanol–water partition coefficient (Wildman–Crippen LogP) is 1.48. The van der Waals surface area contributed by atoms with Gasteiger partial charge >= 0.3 is 5.97 Å². The normalized spacial score (nSPS) is 11.4. The van der Waals surface area contributed by atoms with E-state index >= 15 is 0 Å². The molecule has 106 valence electrons. The molecule has 1 aromatic rings. The van der Waals surface area contributed by atoms with Crippen LogP contribution < -0.4 is 10.2 Å². The number of quaternary nitrogens is 1. The number of nitrogens with two attached hydrogens (primary N) is 1. The molecule has 0 radical (unpaired) electrons. The van der Waals surface area contributed by atoms with Crippen molar-refractivity contribution in [2.45, 2.75) is 13.8 Å². The fraction of sp³-hybridized carbons (Fsp3) is 0.500. The molecule has 5 heteroatoms. The van der Waals surface area contributed by atoms with Gasteiger partial charge in [0, 0.05) is 18.7 Å². The van der Waals surface area contributed by atoms with Gasteiger partial charge in [0.15, 0.2) is 0 Å². The summed E-state index contributed by atoms with van der Waals surface area (Å²) in [7, 11) is 2.08. The Morgan fingerprint density at radius 2 is 2.00 bits per heavy atom. The van der Waals surface area contributed by atoms with Gasteiger partial charge in [0.1, 0.15) is 23.6 Å². The maximum atomic E-state index is 11.7. The summed E-state index contributed by atoms with van der Waals surface area (Å²) in [6, 6.07) is 5.09. The summed E-state index contributed by atoms with van der Waals surface area (Å²) in [4.78, 5) is 11.7. The highest BCUT2D eigenvalue weighted by molar-refractivity contribution is 5.93. The van der Waals surface area contributed by atoms with Crippen LogP contribution in [0, 0.1) is 0 Å². The highest BCUT2D eigenvalue weighted by Crippen LogP contribution is 2.28. The molecule has 0 spiro atoms. The summed E-state index contributed by atoms with van der Waals surface area (Å²) in [5.41, 5.74) is 6.42. The molecule has 0 aliphatic rings. The molecule has 0 fully saturated rings. The number of phenols is 1. The van der Waals surface area contributed by atoms with Gasteiger partial charge in [-0.15, -0.1) is 0 Å². The fourth-order valence-corrected chi connectivity index (χ4v) is 1.85. The van der Waals surface area contributed by atoms with E-state index in [1.807, 2.05) is 6.07 Å².